The Morgan fingerprint density at radius 3 is 2.66 bits per heavy atom. The lowest BCUT2D eigenvalue weighted by molar-refractivity contribution is -0.141. The number of amides is 2. The van der Waals surface area contributed by atoms with E-state index in [1.807, 2.05) is 9.80 Å². The van der Waals surface area contributed by atoms with Gasteiger partial charge in [-0.3, -0.25) is 9.59 Å². The Bertz CT molecular complexity index is 1070. The van der Waals surface area contributed by atoms with Gasteiger partial charge in [0.25, 0.3) is 11.8 Å². The Balaban J connectivity index is 0.00000289. The Morgan fingerprint density at radius 2 is 2.03 bits per heavy atom. The van der Waals surface area contributed by atoms with E-state index < -0.39 is 5.91 Å². The van der Waals surface area contributed by atoms with Crippen LogP contribution < -0.4 is 15.4 Å². The zero-order chi connectivity index (χ0) is 22.0. The number of piperazine rings is 1. The van der Waals surface area contributed by atoms with E-state index in [1.54, 1.807) is 6.07 Å². The molecule has 12 heteroatoms. The van der Waals surface area contributed by atoms with Gasteiger partial charge in [0.1, 0.15) is 17.7 Å². The molecule has 1 unspecified atom stereocenters. The van der Waals surface area contributed by atoms with E-state index in [0.29, 0.717) is 49.6 Å². The second-order valence-electron chi connectivity index (χ2n) is 7.29. The maximum atomic E-state index is 12.5. The SMILES string of the molecule is C.COc1cc2nc(N3CCN(C(=O)C4CCCO4)CC3)nc(N)c2cc1C(=O)N=[N+]=[N-]. The van der Waals surface area contributed by atoms with Gasteiger partial charge in [-0.15, -0.1) is 0 Å². The molecular formula is C20H26N8O4. The summed E-state index contributed by atoms with van der Waals surface area (Å²) in [5, 5.41) is 3.56. The van der Waals surface area contributed by atoms with Crippen LogP contribution in [0.25, 0.3) is 21.3 Å². The number of ether oxygens (including phenoxy) is 2. The molecule has 3 heterocycles. The number of fused-ring (bicyclic) bond motifs is 1. The number of nitrogen functional groups attached to an aromatic ring is 1. The molecule has 1 aromatic carbocycles. The topological polar surface area (TPSA) is 160 Å². The first kappa shape index (κ1) is 23.0. The van der Waals surface area contributed by atoms with Crippen molar-refractivity contribution in [3.05, 3.63) is 28.1 Å². The second kappa shape index (κ2) is 9.67. The van der Waals surface area contributed by atoms with Gasteiger partial charge in [0.05, 0.1) is 18.2 Å². The van der Waals surface area contributed by atoms with E-state index >= 15 is 0 Å². The number of carbonyl (C=O) groups excluding carboxylic acids is 2. The molecule has 2 amide bonds. The predicted molar refractivity (Wildman–Crippen MR) is 118 cm³/mol. The summed E-state index contributed by atoms with van der Waals surface area (Å²) >= 11 is 0. The van der Waals surface area contributed by atoms with Crippen LogP contribution in [0.5, 0.6) is 5.75 Å². The van der Waals surface area contributed by atoms with Gasteiger partial charge in [-0.1, -0.05) is 7.43 Å². The lowest BCUT2D eigenvalue weighted by Crippen LogP contribution is -2.51. The van der Waals surface area contributed by atoms with E-state index in [9.17, 15) is 9.59 Å². The number of nitrogens with zero attached hydrogens (tertiary/aromatic N) is 7. The monoisotopic (exact) mass is 442 g/mol. The molecule has 12 nitrogen and oxygen atoms in total. The van der Waals surface area contributed by atoms with Crippen LogP contribution in [0.2, 0.25) is 0 Å². The maximum absolute atomic E-state index is 12.5. The number of carbonyl (C=O) groups is 2. The van der Waals surface area contributed by atoms with Gasteiger partial charge >= 0.3 is 0 Å². The first-order chi connectivity index (χ1) is 15.0. The average molecular weight is 442 g/mol. The molecule has 2 N–H and O–H groups in total. The van der Waals surface area contributed by atoms with Crippen LogP contribution in [-0.2, 0) is 9.53 Å². The quantitative estimate of drug-likeness (QED) is 0.428. The van der Waals surface area contributed by atoms with Crippen molar-refractivity contribution < 1.29 is 19.1 Å². The van der Waals surface area contributed by atoms with Crippen LogP contribution in [0.1, 0.15) is 30.6 Å². The number of benzene rings is 1. The molecule has 170 valence electrons. The van der Waals surface area contributed by atoms with Gasteiger partial charge in [-0.25, -0.2) is 4.98 Å². The van der Waals surface area contributed by atoms with Gasteiger partial charge in [-0.05, 0) is 29.6 Å². The molecule has 2 saturated heterocycles. The summed E-state index contributed by atoms with van der Waals surface area (Å²) in [5.74, 6) is 0.108. The normalized spacial score (nSPS) is 18.1. The molecule has 0 radical (unpaired) electrons. The predicted octanol–water partition coefficient (Wildman–Crippen LogP) is 2.13. The Kier molecular flexibility index (Phi) is 6.96. The van der Waals surface area contributed by atoms with Gasteiger partial charge in [-0.2, -0.15) is 4.98 Å². The summed E-state index contributed by atoms with van der Waals surface area (Å²) < 4.78 is 10.8. The minimum atomic E-state index is -0.781. The number of nitrogens with two attached hydrogens (primary N) is 1. The van der Waals surface area contributed by atoms with Crippen LogP contribution in [0.3, 0.4) is 0 Å². The number of rotatable bonds is 4. The minimum Gasteiger partial charge on any atom is -0.496 e. The van der Waals surface area contributed by atoms with Crippen LogP contribution in [0.4, 0.5) is 11.8 Å². The van der Waals surface area contributed by atoms with Crippen molar-refractivity contribution in [3.8, 4) is 5.75 Å². The highest BCUT2D eigenvalue weighted by Gasteiger charge is 2.31. The molecule has 2 fully saturated rings. The fraction of sp³-hybridized carbons (Fsp3) is 0.500. The zero-order valence-electron chi connectivity index (χ0n) is 17.0. The molecule has 0 saturated carbocycles. The summed E-state index contributed by atoms with van der Waals surface area (Å²) in [4.78, 5) is 39.8. The zero-order valence-corrected chi connectivity index (χ0v) is 17.0. The Labute approximate surface area is 184 Å². The molecule has 1 aromatic heterocycles. The van der Waals surface area contributed by atoms with E-state index in [0.717, 1.165) is 12.8 Å². The maximum Gasteiger partial charge on any atom is 0.252 e. The lowest BCUT2D eigenvalue weighted by Gasteiger charge is -2.35. The van der Waals surface area contributed by atoms with Gasteiger partial charge in [0.15, 0.2) is 0 Å². The third kappa shape index (κ3) is 4.36. The molecule has 0 bridgehead atoms. The molecule has 4 rings (SSSR count). The highest BCUT2D eigenvalue weighted by Crippen LogP contribution is 2.30. The first-order valence-electron chi connectivity index (χ1n) is 9.92. The number of aromatic nitrogens is 2. The summed E-state index contributed by atoms with van der Waals surface area (Å²) in [6, 6.07) is 3.02. The van der Waals surface area contributed by atoms with Crippen molar-refractivity contribution in [2.24, 2.45) is 5.11 Å². The van der Waals surface area contributed by atoms with Crippen LogP contribution in [0.15, 0.2) is 17.2 Å². The number of anilines is 2. The molecule has 2 aliphatic rings. The van der Waals surface area contributed by atoms with Crippen LogP contribution in [0, 0.1) is 0 Å². The van der Waals surface area contributed by atoms with Crippen LogP contribution in [-0.4, -0.2) is 72.7 Å². The first-order valence-corrected chi connectivity index (χ1v) is 9.92. The average Bonchev–Trinajstić information content (AvgIpc) is 3.33. The fourth-order valence-corrected chi connectivity index (χ4v) is 3.84. The van der Waals surface area contributed by atoms with Gasteiger partial charge in [0.2, 0.25) is 5.95 Å². The third-order valence-corrected chi connectivity index (χ3v) is 5.48. The Hall–Kier alpha value is -3.63. The van der Waals surface area contributed by atoms with Crippen molar-refractivity contribution >= 4 is 34.5 Å². The number of hydrogen-bond donors (Lipinski definition) is 1. The summed E-state index contributed by atoms with van der Waals surface area (Å²) in [7, 11) is 1.41. The smallest absolute Gasteiger partial charge is 0.252 e. The second-order valence-corrected chi connectivity index (χ2v) is 7.29. The van der Waals surface area contributed by atoms with Crippen molar-refractivity contribution in [2.75, 3.05) is 50.5 Å². The summed E-state index contributed by atoms with van der Waals surface area (Å²) in [6.07, 6.45) is 1.36. The highest BCUT2D eigenvalue weighted by molar-refractivity contribution is 6.03. The number of methoxy groups -OCH3 is 1. The highest BCUT2D eigenvalue weighted by atomic mass is 16.5. The minimum absolute atomic E-state index is 0. The molecule has 2 aromatic rings. The van der Waals surface area contributed by atoms with E-state index in [1.165, 1.54) is 13.2 Å². The molecule has 0 spiro atoms. The van der Waals surface area contributed by atoms with Crippen molar-refractivity contribution in [1.82, 2.24) is 14.9 Å². The van der Waals surface area contributed by atoms with Crippen molar-refractivity contribution in [1.29, 1.82) is 0 Å². The third-order valence-electron chi connectivity index (χ3n) is 5.48. The molecule has 1 atom stereocenters. The van der Waals surface area contributed by atoms with E-state index in [-0.39, 0.29) is 36.6 Å². The fourth-order valence-electron chi connectivity index (χ4n) is 3.84. The molecule has 32 heavy (non-hydrogen) atoms. The lowest BCUT2D eigenvalue weighted by atomic mass is 10.1. The van der Waals surface area contributed by atoms with Crippen LogP contribution >= 0.6 is 0 Å². The van der Waals surface area contributed by atoms with E-state index in [4.69, 9.17) is 20.7 Å². The largest absolute Gasteiger partial charge is 0.496 e. The van der Waals surface area contributed by atoms with Gasteiger partial charge in [0, 0.05) is 49.2 Å². The number of hydrogen-bond acceptors (Lipinski definition) is 8. The number of azide groups is 1. The van der Waals surface area contributed by atoms with Crippen molar-refractivity contribution in [3.63, 3.8) is 0 Å². The van der Waals surface area contributed by atoms with Crippen molar-refractivity contribution in [2.45, 2.75) is 26.4 Å². The van der Waals surface area contributed by atoms with Gasteiger partial charge < -0.3 is 25.0 Å². The summed E-state index contributed by atoms with van der Waals surface area (Å²) in [5.41, 5.74) is 15.3. The molecule has 2 aliphatic heterocycles. The molecule has 0 aliphatic carbocycles. The molecular weight excluding hydrogens is 416 g/mol. The Morgan fingerprint density at radius 1 is 1.28 bits per heavy atom. The van der Waals surface area contributed by atoms with E-state index in [2.05, 4.69) is 20.0 Å². The summed E-state index contributed by atoms with van der Waals surface area (Å²) in [6.45, 7) is 2.86. The standard InChI is InChI=1S/C19H22N8O4.CH4/c1-30-15-10-13-11(9-12(15)17(28)24-25-21)16(20)23-19(22-13)27-6-4-26(5-7-27)18(29)14-3-2-8-31-14;/h9-10,14H,2-8H2,1H3,(H2,20,22,23);1H4.